The molecule has 3 unspecified atom stereocenters. The molecule has 3 rings (SSSR count). The lowest BCUT2D eigenvalue weighted by atomic mass is 9.90. The van der Waals surface area contributed by atoms with Gasteiger partial charge in [-0.25, -0.2) is 0 Å². The Morgan fingerprint density at radius 1 is 1.28 bits per heavy atom. The number of nitrogens with two attached hydrogens (primary N) is 1. The quantitative estimate of drug-likeness (QED) is 0.919. The predicted molar refractivity (Wildman–Crippen MR) is 98.3 cm³/mol. The molecule has 1 aromatic rings. The van der Waals surface area contributed by atoms with Crippen LogP contribution in [0.4, 0.5) is 0 Å². The van der Waals surface area contributed by atoms with E-state index in [0.717, 1.165) is 30.5 Å². The maximum Gasteiger partial charge on any atom is 0.225 e. The van der Waals surface area contributed by atoms with Crippen LogP contribution in [0.15, 0.2) is 30.5 Å². The zero-order valence-electron chi connectivity index (χ0n) is 15.0. The zero-order valence-corrected chi connectivity index (χ0v) is 15.0. The smallest absolute Gasteiger partial charge is 0.225 e. The summed E-state index contributed by atoms with van der Waals surface area (Å²) in [6.07, 6.45) is 6.00. The maximum atomic E-state index is 13.0. The zero-order chi connectivity index (χ0) is 18.0. The van der Waals surface area contributed by atoms with Gasteiger partial charge in [0.05, 0.1) is 12.5 Å². The summed E-state index contributed by atoms with van der Waals surface area (Å²) in [6.45, 7) is 5.00. The Morgan fingerprint density at radius 2 is 2.04 bits per heavy atom. The minimum absolute atomic E-state index is 0.0498. The van der Waals surface area contributed by atoms with Crippen LogP contribution in [0.3, 0.4) is 0 Å². The molecule has 0 radical (unpaired) electrons. The van der Waals surface area contributed by atoms with Gasteiger partial charge in [0.15, 0.2) is 0 Å². The van der Waals surface area contributed by atoms with E-state index in [-0.39, 0.29) is 23.9 Å². The topological polar surface area (TPSA) is 66.6 Å². The second-order valence-electron chi connectivity index (χ2n) is 7.20. The number of carbonyl (C=O) groups excluding carboxylic acids is 2. The Balaban J connectivity index is 1.82. The highest BCUT2D eigenvalue weighted by atomic mass is 16.2. The molecule has 1 fully saturated rings. The molecule has 0 aromatic heterocycles. The van der Waals surface area contributed by atoms with Crippen molar-refractivity contribution in [3.8, 4) is 0 Å². The van der Waals surface area contributed by atoms with E-state index >= 15 is 0 Å². The second-order valence-corrected chi connectivity index (χ2v) is 7.20. The molecule has 2 heterocycles. The van der Waals surface area contributed by atoms with Crippen LogP contribution >= 0.6 is 0 Å². The number of nitrogens with zero attached hydrogens (tertiary/aromatic N) is 2. The molecule has 1 aromatic carbocycles. The van der Waals surface area contributed by atoms with E-state index in [2.05, 4.69) is 6.92 Å². The number of carbonyl (C=O) groups is 2. The largest absolute Gasteiger partial charge is 0.338 e. The van der Waals surface area contributed by atoms with Crippen molar-refractivity contribution in [2.24, 2.45) is 11.7 Å². The molecule has 3 atom stereocenters. The molecule has 2 aliphatic rings. The summed E-state index contributed by atoms with van der Waals surface area (Å²) < 4.78 is 0. The first-order valence-electron chi connectivity index (χ1n) is 9.06. The number of amides is 2. The van der Waals surface area contributed by atoms with Crippen LogP contribution in [0, 0.1) is 5.92 Å². The van der Waals surface area contributed by atoms with Gasteiger partial charge in [0, 0.05) is 32.3 Å². The average molecular weight is 341 g/mol. The van der Waals surface area contributed by atoms with Gasteiger partial charge in [0.2, 0.25) is 11.8 Å². The van der Waals surface area contributed by atoms with E-state index in [4.69, 9.17) is 5.73 Å². The average Bonchev–Trinajstić information content (AvgIpc) is 2.61. The highest BCUT2D eigenvalue weighted by molar-refractivity contribution is 5.82. The molecule has 5 heteroatoms. The lowest BCUT2D eigenvalue weighted by molar-refractivity contribution is -0.137. The molecule has 2 aliphatic heterocycles. The van der Waals surface area contributed by atoms with Crippen molar-refractivity contribution >= 4 is 17.9 Å². The van der Waals surface area contributed by atoms with Crippen LogP contribution in [0.5, 0.6) is 0 Å². The molecule has 134 valence electrons. The Kier molecular flexibility index (Phi) is 5.23. The van der Waals surface area contributed by atoms with Gasteiger partial charge in [-0.15, -0.1) is 0 Å². The summed E-state index contributed by atoms with van der Waals surface area (Å²) in [5, 5.41) is 0. The number of rotatable bonds is 3. The third-order valence-corrected chi connectivity index (χ3v) is 5.41. The number of hydrogen-bond acceptors (Lipinski definition) is 3. The standard InChI is InChI=1S/C20H27N3O2/c1-14-7-9-23(17(11-14)13-21)20(25)12-19-18-6-4-3-5-16(18)8-10-22(19)15(2)24/h3-6,8,10,14,17,19H,7,9,11-13,21H2,1-2H3. The Hall–Kier alpha value is -2.14. The number of piperidine rings is 1. The SMILES string of the molecule is CC(=O)N1C=Cc2ccccc2C1CC(=O)N1CCC(C)CC1CN. The summed E-state index contributed by atoms with van der Waals surface area (Å²) in [5.41, 5.74) is 8.01. The number of benzene rings is 1. The van der Waals surface area contributed by atoms with Crippen molar-refractivity contribution in [3.05, 3.63) is 41.6 Å². The first-order valence-corrected chi connectivity index (χ1v) is 9.06. The molecule has 2 N–H and O–H groups in total. The summed E-state index contributed by atoms with van der Waals surface area (Å²) >= 11 is 0. The highest BCUT2D eigenvalue weighted by Crippen LogP contribution is 2.34. The fourth-order valence-corrected chi connectivity index (χ4v) is 4.00. The van der Waals surface area contributed by atoms with E-state index < -0.39 is 0 Å². The predicted octanol–water partition coefficient (Wildman–Crippen LogP) is 2.54. The fourth-order valence-electron chi connectivity index (χ4n) is 4.00. The normalized spacial score (nSPS) is 25.6. The third kappa shape index (κ3) is 3.61. The molecule has 25 heavy (non-hydrogen) atoms. The van der Waals surface area contributed by atoms with Crippen LogP contribution < -0.4 is 5.73 Å². The van der Waals surface area contributed by atoms with Gasteiger partial charge in [-0.2, -0.15) is 0 Å². The highest BCUT2D eigenvalue weighted by Gasteiger charge is 2.33. The van der Waals surface area contributed by atoms with E-state index in [1.165, 1.54) is 0 Å². The second kappa shape index (κ2) is 7.40. The molecule has 1 saturated heterocycles. The first-order chi connectivity index (χ1) is 12.0. The van der Waals surface area contributed by atoms with Gasteiger partial charge < -0.3 is 15.5 Å². The molecule has 0 saturated carbocycles. The lowest BCUT2D eigenvalue weighted by Gasteiger charge is -2.40. The van der Waals surface area contributed by atoms with Crippen molar-refractivity contribution in [2.45, 2.75) is 45.2 Å². The summed E-state index contributed by atoms with van der Waals surface area (Å²) in [5.74, 6) is 0.638. The molecule has 5 nitrogen and oxygen atoms in total. The van der Waals surface area contributed by atoms with Crippen molar-refractivity contribution in [1.29, 1.82) is 0 Å². The Labute approximate surface area is 149 Å². The van der Waals surface area contributed by atoms with Crippen LogP contribution in [0.1, 0.15) is 50.3 Å². The number of likely N-dealkylation sites (tertiary alicyclic amines) is 1. The van der Waals surface area contributed by atoms with Gasteiger partial charge in [0.25, 0.3) is 0 Å². The molecule has 0 bridgehead atoms. The van der Waals surface area contributed by atoms with E-state index in [9.17, 15) is 9.59 Å². The Bertz CT molecular complexity index is 685. The van der Waals surface area contributed by atoms with Crippen molar-refractivity contribution < 1.29 is 9.59 Å². The van der Waals surface area contributed by atoms with Crippen LogP contribution in [0.2, 0.25) is 0 Å². The summed E-state index contributed by atoms with van der Waals surface area (Å²) in [6, 6.07) is 7.82. The van der Waals surface area contributed by atoms with Gasteiger partial charge in [-0.05, 0) is 36.0 Å². The first kappa shape index (κ1) is 17.7. The van der Waals surface area contributed by atoms with Crippen molar-refractivity contribution in [1.82, 2.24) is 9.80 Å². The van der Waals surface area contributed by atoms with E-state index in [0.29, 0.717) is 18.9 Å². The third-order valence-electron chi connectivity index (χ3n) is 5.41. The fraction of sp³-hybridized carbons (Fsp3) is 0.500. The minimum Gasteiger partial charge on any atom is -0.338 e. The summed E-state index contributed by atoms with van der Waals surface area (Å²) in [4.78, 5) is 28.7. The molecular formula is C20H27N3O2. The Morgan fingerprint density at radius 3 is 2.76 bits per heavy atom. The number of hydrogen-bond donors (Lipinski definition) is 1. The van der Waals surface area contributed by atoms with Gasteiger partial charge in [-0.1, -0.05) is 31.2 Å². The number of fused-ring (bicyclic) bond motifs is 1. The van der Waals surface area contributed by atoms with Crippen molar-refractivity contribution in [3.63, 3.8) is 0 Å². The minimum atomic E-state index is -0.246. The lowest BCUT2D eigenvalue weighted by Crippen LogP contribution is -2.50. The maximum absolute atomic E-state index is 13.0. The molecule has 0 aliphatic carbocycles. The summed E-state index contributed by atoms with van der Waals surface area (Å²) in [7, 11) is 0. The van der Waals surface area contributed by atoms with Gasteiger partial charge >= 0.3 is 0 Å². The monoisotopic (exact) mass is 341 g/mol. The molecular weight excluding hydrogens is 314 g/mol. The van der Waals surface area contributed by atoms with Crippen molar-refractivity contribution in [2.75, 3.05) is 13.1 Å². The van der Waals surface area contributed by atoms with Crippen LogP contribution in [-0.2, 0) is 9.59 Å². The van der Waals surface area contributed by atoms with E-state index in [1.54, 1.807) is 18.0 Å². The van der Waals surface area contributed by atoms with E-state index in [1.807, 2.05) is 35.2 Å². The molecule has 2 amide bonds. The van der Waals surface area contributed by atoms with Gasteiger partial charge in [0.1, 0.15) is 0 Å². The van der Waals surface area contributed by atoms with Gasteiger partial charge in [-0.3, -0.25) is 9.59 Å². The molecule has 0 spiro atoms. The van der Waals surface area contributed by atoms with Crippen LogP contribution in [0.25, 0.3) is 6.08 Å². The van der Waals surface area contributed by atoms with Crippen LogP contribution in [-0.4, -0.2) is 40.7 Å².